The van der Waals surface area contributed by atoms with Crippen molar-refractivity contribution < 1.29 is 14.1 Å². The number of anilines is 1. The highest BCUT2D eigenvalue weighted by atomic mass is 32.2. The van der Waals surface area contributed by atoms with Crippen LogP contribution in [-0.2, 0) is 10.8 Å². The molecule has 0 spiro atoms. The van der Waals surface area contributed by atoms with Crippen molar-refractivity contribution >= 4 is 22.6 Å². The molecule has 1 heterocycles. The van der Waals surface area contributed by atoms with E-state index in [9.17, 15) is 9.00 Å². The Kier molecular flexibility index (Phi) is 3.73. The molecule has 0 amide bonds. The molecule has 2 N–H and O–H groups in total. The first kappa shape index (κ1) is 11.6. The summed E-state index contributed by atoms with van der Waals surface area (Å²) in [5.74, 6) is -0.912. The minimum atomic E-state index is -1.32. The molecule has 0 radical (unpaired) electrons. The van der Waals surface area contributed by atoms with Crippen LogP contribution >= 0.6 is 0 Å². The number of aromatic carboxylic acids is 1. The van der Waals surface area contributed by atoms with Crippen LogP contribution in [-0.4, -0.2) is 38.1 Å². The van der Waals surface area contributed by atoms with E-state index in [1.807, 2.05) is 6.92 Å². The van der Waals surface area contributed by atoms with E-state index in [2.05, 4.69) is 15.3 Å². The highest BCUT2D eigenvalue weighted by Gasteiger charge is 2.13. The molecule has 1 rings (SSSR count). The Morgan fingerprint density at radius 3 is 2.80 bits per heavy atom. The van der Waals surface area contributed by atoms with Crippen molar-refractivity contribution in [1.82, 2.24) is 9.97 Å². The number of hydrogen-bond acceptors (Lipinski definition) is 5. The van der Waals surface area contributed by atoms with Gasteiger partial charge in [0.1, 0.15) is 11.4 Å². The van der Waals surface area contributed by atoms with Crippen molar-refractivity contribution in [3.05, 3.63) is 11.8 Å². The topological polar surface area (TPSA) is 92.2 Å². The first-order valence-corrected chi connectivity index (χ1v) is 5.79. The van der Waals surface area contributed by atoms with E-state index in [1.54, 1.807) is 0 Å². The van der Waals surface area contributed by atoms with Gasteiger partial charge in [-0.15, -0.1) is 0 Å². The molecule has 1 unspecified atom stereocenters. The van der Waals surface area contributed by atoms with Crippen LogP contribution in [0.4, 0.5) is 5.82 Å². The average molecular weight is 229 g/mol. The number of aromatic nitrogens is 2. The van der Waals surface area contributed by atoms with Gasteiger partial charge < -0.3 is 10.4 Å². The maximum Gasteiger partial charge on any atom is 0.341 e. The van der Waals surface area contributed by atoms with Gasteiger partial charge in [-0.1, -0.05) is 0 Å². The van der Waals surface area contributed by atoms with Gasteiger partial charge in [-0.2, -0.15) is 0 Å². The van der Waals surface area contributed by atoms with Crippen LogP contribution < -0.4 is 5.32 Å². The molecule has 0 aromatic carbocycles. The third-order valence-corrected chi connectivity index (χ3v) is 2.31. The van der Waals surface area contributed by atoms with E-state index < -0.39 is 16.8 Å². The SMILES string of the molecule is CCNc1nc(S(C)=O)ncc1C(=O)O. The second kappa shape index (κ2) is 4.83. The molecule has 7 heteroatoms. The molecule has 6 nitrogen and oxygen atoms in total. The third-order valence-electron chi connectivity index (χ3n) is 1.60. The second-order valence-corrected chi connectivity index (χ2v) is 3.98. The predicted molar refractivity (Wildman–Crippen MR) is 55.5 cm³/mol. The minimum Gasteiger partial charge on any atom is -0.477 e. The third kappa shape index (κ3) is 2.72. The predicted octanol–water partition coefficient (Wildman–Crippen LogP) is 0.344. The molecular formula is C8H11N3O3S. The number of nitrogens with zero attached hydrogens (tertiary/aromatic N) is 2. The number of carboxylic acids is 1. The Hall–Kier alpha value is -1.50. The van der Waals surface area contributed by atoms with Gasteiger partial charge >= 0.3 is 5.97 Å². The van der Waals surface area contributed by atoms with Crippen LogP contribution in [0.25, 0.3) is 0 Å². The molecule has 1 aromatic rings. The zero-order chi connectivity index (χ0) is 11.4. The molecule has 82 valence electrons. The average Bonchev–Trinajstić information content (AvgIpc) is 2.17. The summed E-state index contributed by atoms with van der Waals surface area (Å²) in [5.41, 5.74) is -0.0222. The monoisotopic (exact) mass is 229 g/mol. The molecule has 15 heavy (non-hydrogen) atoms. The molecule has 0 aliphatic carbocycles. The molecule has 0 saturated carbocycles. The van der Waals surface area contributed by atoms with E-state index in [-0.39, 0.29) is 16.5 Å². The lowest BCUT2D eigenvalue weighted by Gasteiger charge is -2.06. The fraction of sp³-hybridized carbons (Fsp3) is 0.375. The maximum absolute atomic E-state index is 11.1. The fourth-order valence-corrected chi connectivity index (χ4v) is 1.38. The zero-order valence-electron chi connectivity index (χ0n) is 8.35. The van der Waals surface area contributed by atoms with Gasteiger partial charge in [-0.05, 0) is 6.92 Å². The van der Waals surface area contributed by atoms with Gasteiger partial charge in [0.2, 0.25) is 5.16 Å². The summed E-state index contributed by atoms with van der Waals surface area (Å²) < 4.78 is 11.1. The van der Waals surface area contributed by atoms with Crippen LogP contribution in [0.5, 0.6) is 0 Å². The lowest BCUT2D eigenvalue weighted by molar-refractivity contribution is 0.0697. The lowest BCUT2D eigenvalue weighted by Crippen LogP contribution is -2.11. The van der Waals surface area contributed by atoms with E-state index in [0.717, 1.165) is 6.20 Å². The summed E-state index contributed by atoms with van der Waals surface area (Å²) >= 11 is 0. The van der Waals surface area contributed by atoms with Crippen molar-refractivity contribution in [2.24, 2.45) is 0 Å². The van der Waals surface area contributed by atoms with Gasteiger partial charge in [0.15, 0.2) is 0 Å². The van der Waals surface area contributed by atoms with Crippen molar-refractivity contribution in [1.29, 1.82) is 0 Å². The summed E-state index contributed by atoms with van der Waals surface area (Å²) in [6, 6.07) is 0. The summed E-state index contributed by atoms with van der Waals surface area (Å²) in [6.07, 6.45) is 2.59. The van der Waals surface area contributed by atoms with Gasteiger partial charge in [0.25, 0.3) is 0 Å². The Balaban J connectivity index is 3.20. The number of nitrogens with one attached hydrogen (secondary N) is 1. The molecule has 0 bridgehead atoms. The summed E-state index contributed by atoms with van der Waals surface area (Å²) in [7, 11) is -1.32. The summed E-state index contributed by atoms with van der Waals surface area (Å²) in [5, 5.41) is 11.7. The zero-order valence-corrected chi connectivity index (χ0v) is 9.17. The first-order chi connectivity index (χ1) is 7.06. The number of carbonyl (C=O) groups is 1. The van der Waals surface area contributed by atoms with Crippen LogP contribution in [0.15, 0.2) is 11.4 Å². The number of rotatable bonds is 4. The van der Waals surface area contributed by atoms with Crippen LogP contribution in [0.2, 0.25) is 0 Å². The smallest absolute Gasteiger partial charge is 0.341 e. The van der Waals surface area contributed by atoms with Crippen LogP contribution in [0.3, 0.4) is 0 Å². The number of carboxylic acid groups (broad SMARTS) is 1. The largest absolute Gasteiger partial charge is 0.477 e. The quantitative estimate of drug-likeness (QED) is 0.723. The maximum atomic E-state index is 11.1. The second-order valence-electron chi connectivity index (χ2n) is 2.70. The molecule has 0 saturated heterocycles. The lowest BCUT2D eigenvalue weighted by atomic mass is 10.3. The Morgan fingerprint density at radius 1 is 1.67 bits per heavy atom. The highest BCUT2D eigenvalue weighted by Crippen LogP contribution is 2.12. The highest BCUT2D eigenvalue weighted by molar-refractivity contribution is 7.84. The van der Waals surface area contributed by atoms with Gasteiger partial charge in [-0.3, -0.25) is 4.21 Å². The molecule has 1 aromatic heterocycles. The van der Waals surface area contributed by atoms with Crippen molar-refractivity contribution in [3.8, 4) is 0 Å². The van der Waals surface area contributed by atoms with E-state index in [0.29, 0.717) is 6.54 Å². The van der Waals surface area contributed by atoms with Crippen LogP contribution in [0, 0.1) is 0 Å². The fourth-order valence-electron chi connectivity index (χ4n) is 0.963. The standard InChI is InChI=1S/C8H11N3O3S/c1-3-9-6-5(7(12)13)4-10-8(11-6)15(2)14/h4H,3H2,1-2H3,(H,12,13)(H,9,10,11). The minimum absolute atomic E-state index is 0.0222. The molecular weight excluding hydrogens is 218 g/mol. The molecule has 0 aliphatic rings. The van der Waals surface area contributed by atoms with Gasteiger partial charge in [0.05, 0.1) is 10.8 Å². The van der Waals surface area contributed by atoms with E-state index in [1.165, 1.54) is 6.26 Å². The van der Waals surface area contributed by atoms with Crippen molar-refractivity contribution in [2.45, 2.75) is 12.1 Å². The van der Waals surface area contributed by atoms with E-state index >= 15 is 0 Å². The number of hydrogen-bond donors (Lipinski definition) is 2. The van der Waals surface area contributed by atoms with Gasteiger partial charge in [0, 0.05) is 19.0 Å². The molecule has 1 atom stereocenters. The Morgan fingerprint density at radius 2 is 2.33 bits per heavy atom. The van der Waals surface area contributed by atoms with Crippen molar-refractivity contribution in [3.63, 3.8) is 0 Å². The summed E-state index contributed by atoms with van der Waals surface area (Å²) in [6.45, 7) is 2.35. The Bertz CT molecular complexity index is 408. The van der Waals surface area contributed by atoms with Gasteiger partial charge in [-0.25, -0.2) is 14.8 Å². The van der Waals surface area contributed by atoms with Crippen molar-refractivity contribution in [2.75, 3.05) is 18.1 Å². The summed E-state index contributed by atoms with van der Waals surface area (Å²) in [4.78, 5) is 18.4. The van der Waals surface area contributed by atoms with E-state index in [4.69, 9.17) is 5.11 Å². The molecule has 0 fully saturated rings. The molecule has 0 aliphatic heterocycles. The van der Waals surface area contributed by atoms with Crippen LogP contribution in [0.1, 0.15) is 17.3 Å². The Labute approximate surface area is 89.2 Å². The normalized spacial score (nSPS) is 12.1. The first-order valence-electron chi connectivity index (χ1n) is 4.24.